The van der Waals surface area contributed by atoms with Crippen LogP contribution in [0.5, 0.6) is 0 Å². The Morgan fingerprint density at radius 1 is 1.13 bits per heavy atom. The predicted octanol–water partition coefficient (Wildman–Crippen LogP) is 7.11. The van der Waals surface area contributed by atoms with Crippen LogP contribution in [0.1, 0.15) is 80.0 Å². The number of hydrogen-bond acceptors (Lipinski definition) is 8. The van der Waals surface area contributed by atoms with E-state index in [1.54, 1.807) is 23.0 Å². The number of pyridine rings is 1. The van der Waals surface area contributed by atoms with Gasteiger partial charge in [0.1, 0.15) is 5.52 Å². The third-order valence-corrected chi connectivity index (χ3v) is 13.2. The van der Waals surface area contributed by atoms with Gasteiger partial charge in [0.15, 0.2) is 5.82 Å². The molecule has 2 aromatic carbocycles. The first kappa shape index (κ1) is 33.3. The number of carbonyl (C=O) groups excluding carboxylic acids is 1. The first-order chi connectivity index (χ1) is 25.8. The molecule has 14 heteroatoms. The number of fused-ring (bicyclic) bond motifs is 4. The first-order valence-electron chi connectivity index (χ1n) is 18.9. The molecule has 6 fully saturated rings. The highest BCUT2D eigenvalue weighted by molar-refractivity contribution is 6.43. The molecule has 2 bridgehead atoms. The number of nitrogens with zero attached hydrogens (tertiary/aromatic N) is 9. The van der Waals surface area contributed by atoms with Crippen molar-refractivity contribution in [3.63, 3.8) is 0 Å². The van der Waals surface area contributed by atoms with Crippen LogP contribution in [0.25, 0.3) is 32.9 Å². The van der Waals surface area contributed by atoms with Crippen LogP contribution >= 0.6 is 23.2 Å². The quantitative estimate of drug-likeness (QED) is 0.178. The Balaban J connectivity index is 1.17. The number of nitriles is 1. The number of benzene rings is 2. The van der Waals surface area contributed by atoms with Crippen molar-refractivity contribution in [1.82, 2.24) is 40.0 Å². The monoisotopic (exact) mass is 752 g/mol. The van der Waals surface area contributed by atoms with Gasteiger partial charge in [-0.05, 0) is 86.8 Å². The SMILES string of the molecule is Cc1nc2c(F)c(-c3cccc(Cl)c3Cl)c(CCC#N)cc2c2c1cc([C@H]1C[C@H](n3nnc(N4CCCC4)n3)CN1C(=O)C1CC1)n2[C@H]1[C@H]2CN[C@@H]1C2. The van der Waals surface area contributed by atoms with Gasteiger partial charge in [-0.1, -0.05) is 40.4 Å². The van der Waals surface area contributed by atoms with E-state index in [-0.39, 0.29) is 53.0 Å². The van der Waals surface area contributed by atoms with Gasteiger partial charge in [0.25, 0.3) is 5.95 Å². The van der Waals surface area contributed by atoms with E-state index in [4.69, 9.17) is 33.3 Å². The van der Waals surface area contributed by atoms with E-state index >= 15 is 4.39 Å². The van der Waals surface area contributed by atoms with Crippen molar-refractivity contribution in [3.05, 3.63) is 63.1 Å². The Hall–Kier alpha value is -4.31. The van der Waals surface area contributed by atoms with Gasteiger partial charge >= 0.3 is 0 Å². The molecule has 4 aliphatic heterocycles. The molecule has 2 saturated carbocycles. The van der Waals surface area contributed by atoms with Crippen LogP contribution in [-0.4, -0.2) is 72.8 Å². The Morgan fingerprint density at radius 3 is 2.70 bits per heavy atom. The lowest BCUT2D eigenvalue weighted by Crippen LogP contribution is -2.41. The molecule has 0 spiro atoms. The number of tetrazole rings is 1. The zero-order chi connectivity index (χ0) is 36.1. The van der Waals surface area contributed by atoms with Crippen LogP contribution in [0.4, 0.5) is 10.3 Å². The summed E-state index contributed by atoms with van der Waals surface area (Å²) in [4.78, 5) is 25.0. The van der Waals surface area contributed by atoms with E-state index in [1.807, 2.05) is 13.0 Å². The lowest BCUT2D eigenvalue weighted by Gasteiger charge is -2.39. The van der Waals surface area contributed by atoms with Crippen LogP contribution in [-0.2, 0) is 11.2 Å². The number of hydrogen-bond donors (Lipinski definition) is 1. The number of halogens is 3. The molecule has 11 nitrogen and oxygen atoms in total. The highest BCUT2D eigenvalue weighted by atomic mass is 35.5. The maximum absolute atomic E-state index is 17.2. The van der Waals surface area contributed by atoms with E-state index in [9.17, 15) is 10.1 Å². The van der Waals surface area contributed by atoms with Gasteiger partial charge in [0.2, 0.25) is 5.91 Å². The molecule has 6 aliphatic rings. The van der Waals surface area contributed by atoms with Gasteiger partial charge in [-0.3, -0.25) is 4.79 Å². The zero-order valence-corrected chi connectivity index (χ0v) is 30.9. The largest absolute Gasteiger partial charge is 0.338 e. The first-order valence-corrected chi connectivity index (χ1v) is 19.6. The average Bonchev–Trinajstić information content (AvgIpc) is 3.83. The molecule has 0 radical (unpaired) electrons. The molecule has 4 saturated heterocycles. The number of amides is 1. The molecule has 0 unspecified atom stereocenters. The van der Waals surface area contributed by atoms with E-state index < -0.39 is 5.82 Å². The Labute approximate surface area is 316 Å². The van der Waals surface area contributed by atoms with E-state index in [0.29, 0.717) is 64.0 Å². The third-order valence-electron chi connectivity index (χ3n) is 12.4. The molecule has 53 heavy (non-hydrogen) atoms. The maximum Gasteiger partial charge on any atom is 0.266 e. The van der Waals surface area contributed by atoms with E-state index in [2.05, 4.69) is 42.1 Å². The minimum absolute atomic E-state index is 0.0391. The van der Waals surface area contributed by atoms with Gasteiger partial charge in [-0.25, -0.2) is 9.37 Å². The van der Waals surface area contributed by atoms with Crippen molar-refractivity contribution in [2.45, 2.75) is 82.5 Å². The maximum atomic E-state index is 17.2. The van der Waals surface area contributed by atoms with Crippen molar-refractivity contribution < 1.29 is 9.18 Å². The lowest BCUT2D eigenvalue weighted by molar-refractivity contribution is -0.133. The fourth-order valence-electron chi connectivity index (χ4n) is 9.58. The van der Waals surface area contributed by atoms with Gasteiger partial charge < -0.3 is 19.7 Å². The summed E-state index contributed by atoms with van der Waals surface area (Å²) < 4.78 is 19.7. The third kappa shape index (κ3) is 5.25. The number of aromatic nitrogens is 6. The molecule has 1 N–H and O–H groups in total. The number of likely N-dealkylation sites (tertiary alicyclic amines) is 1. The predicted molar refractivity (Wildman–Crippen MR) is 200 cm³/mol. The van der Waals surface area contributed by atoms with Gasteiger partial charge in [-0.2, -0.15) is 10.1 Å². The molecule has 5 aromatic rings. The van der Waals surface area contributed by atoms with Crippen molar-refractivity contribution in [2.75, 3.05) is 31.1 Å². The van der Waals surface area contributed by atoms with Crippen molar-refractivity contribution in [3.8, 4) is 17.2 Å². The highest BCUT2D eigenvalue weighted by Gasteiger charge is 2.51. The summed E-state index contributed by atoms with van der Waals surface area (Å²) in [5.41, 5.74) is 4.40. The minimum atomic E-state index is -0.480. The normalized spacial score (nSPS) is 25.2. The van der Waals surface area contributed by atoms with Gasteiger partial charge in [-0.15, -0.1) is 5.10 Å². The van der Waals surface area contributed by atoms with Crippen LogP contribution in [0.3, 0.4) is 0 Å². The fraction of sp³-hybridized carbons (Fsp3) is 0.487. The average molecular weight is 754 g/mol. The number of rotatable bonds is 8. The summed E-state index contributed by atoms with van der Waals surface area (Å²) in [5, 5.41) is 29.3. The Bertz CT molecular complexity index is 2340. The second-order valence-corrected chi connectivity index (χ2v) is 16.3. The summed E-state index contributed by atoms with van der Waals surface area (Å²) in [5.74, 6) is 0.799. The lowest BCUT2D eigenvalue weighted by atomic mass is 9.79. The fourth-order valence-corrected chi connectivity index (χ4v) is 9.98. The second kappa shape index (κ2) is 12.6. The zero-order valence-electron chi connectivity index (χ0n) is 29.4. The molecule has 272 valence electrons. The number of carbonyl (C=O) groups is 1. The Morgan fingerprint density at radius 2 is 1.96 bits per heavy atom. The second-order valence-electron chi connectivity index (χ2n) is 15.6. The molecule has 7 heterocycles. The summed E-state index contributed by atoms with van der Waals surface area (Å²) in [6.07, 6.45) is 6.31. The number of nitrogens with one attached hydrogen (secondary N) is 1. The van der Waals surface area contributed by atoms with E-state index in [0.717, 1.165) is 68.3 Å². The molecular formula is C39H39Cl2FN10O. The van der Waals surface area contributed by atoms with E-state index in [1.165, 1.54) is 0 Å². The molecule has 3 aromatic heterocycles. The summed E-state index contributed by atoms with van der Waals surface area (Å²) in [7, 11) is 0. The highest BCUT2D eigenvalue weighted by Crippen LogP contribution is 2.52. The topological polar surface area (TPSA) is 121 Å². The number of aryl methyl sites for hydroxylation is 2. The molecule has 5 atom stereocenters. The molecule has 11 rings (SSSR count). The standard InChI is InChI=1S/C39H39Cl2FN10O/c1-20-26-17-31(30-16-24(19-50(30)38(53)21-9-10-21)52-47-39(46-48-52)49-12-2-3-13-49)51(36-23-15-29(36)44-18-23)37(26)27-14-22(6-5-11-43)32(34(42)35(27)45-20)25-7-4-8-28(40)33(25)41/h4,7-8,14,17,21,23-24,29-30,36,44H,2-3,5-6,9-10,12-13,15-16,18-19H2,1H3/t23-,24+,29-,30-,36+/m1/s1. The van der Waals surface area contributed by atoms with Crippen LogP contribution in [0.2, 0.25) is 10.0 Å². The van der Waals surface area contributed by atoms with Gasteiger partial charge in [0.05, 0.1) is 39.8 Å². The molecule has 1 amide bonds. The Kier molecular flexibility index (Phi) is 7.94. The van der Waals surface area contributed by atoms with Crippen molar-refractivity contribution >= 4 is 56.9 Å². The smallest absolute Gasteiger partial charge is 0.266 e. The molecule has 2 aliphatic carbocycles. The van der Waals surface area contributed by atoms with Crippen molar-refractivity contribution in [2.24, 2.45) is 11.8 Å². The number of anilines is 1. The summed E-state index contributed by atoms with van der Waals surface area (Å²) in [6.45, 7) is 5.20. The van der Waals surface area contributed by atoms with Crippen LogP contribution < -0.4 is 10.2 Å². The van der Waals surface area contributed by atoms with Crippen molar-refractivity contribution in [1.29, 1.82) is 5.26 Å². The molecular weight excluding hydrogens is 714 g/mol. The van der Waals surface area contributed by atoms with Crippen LogP contribution in [0.15, 0.2) is 30.3 Å². The summed E-state index contributed by atoms with van der Waals surface area (Å²) in [6, 6.07) is 11.7. The van der Waals surface area contributed by atoms with Crippen LogP contribution in [0, 0.1) is 35.9 Å². The minimum Gasteiger partial charge on any atom is -0.338 e. The van der Waals surface area contributed by atoms with Gasteiger partial charge in [0, 0.05) is 77.8 Å². The summed E-state index contributed by atoms with van der Waals surface area (Å²) >= 11 is 13.1.